The topological polar surface area (TPSA) is 53.7 Å². The largest absolute Gasteiger partial charge is 0.487 e. The summed E-state index contributed by atoms with van der Waals surface area (Å²) in [6.07, 6.45) is 0. The third kappa shape index (κ3) is 0.974. The quantitative estimate of drug-likeness (QED) is 0.663. The van der Waals surface area contributed by atoms with Crippen LogP contribution in [0.15, 0.2) is 12.1 Å². The maximum Gasteiger partial charge on any atom is 0.204 e. The second-order valence-electron chi connectivity index (χ2n) is 3.43. The molecule has 0 aliphatic carbocycles. The first-order valence-electron chi connectivity index (χ1n) is 4.67. The predicted molar refractivity (Wildman–Crippen MR) is 49.9 cm³/mol. The zero-order chi connectivity index (χ0) is 9.54. The SMILES string of the molecule is N[C@H]1COc2c1ccc1c2OCCO1. The summed E-state index contributed by atoms with van der Waals surface area (Å²) in [6, 6.07) is 3.79. The summed E-state index contributed by atoms with van der Waals surface area (Å²) in [5.41, 5.74) is 6.87. The Morgan fingerprint density at radius 2 is 1.93 bits per heavy atom. The summed E-state index contributed by atoms with van der Waals surface area (Å²) in [4.78, 5) is 0. The van der Waals surface area contributed by atoms with Gasteiger partial charge in [0, 0.05) is 5.56 Å². The third-order valence-corrected chi connectivity index (χ3v) is 2.50. The van der Waals surface area contributed by atoms with E-state index < -0.39 is 0 Å². The van der Waals surface area contributed by atoms with E-state index in [0.717, 1.165) is 17.1 Å². The molecule has 0 unspecified atom stereocenters. The van der Waals surface area contributed by atoms with Gasteiger partial charge in [0.25, 0.3) is 0 Å². The van der Waals surface area contributed by atoms with Crippen molar-refractivity contribution in [2.75, 3.05) is 19.8 Å². The van der Waals surface area contributed by atoms with Gasteiger partial charge < -0.3 is 19.9 Å². The molecule has 0 saturated heterocycles. The summed E-state index contributed by atoms with van der Waals surface area (Å²) < 4.78 is 16.4. The summed E-state index contributed by atoms with van der Waals surface area (Å²) in [5, 5.41) is 0. The molecular weight excluding hydrogens is 182 g/mol. The van der Waals surface area contributed by atoms with Crippen LogP contribution in [0.4, 0.5) is 0 Å². The van der Waals surface area contributed by atoms with Gasteiger partial charge in [0.15, 0.2) is 11.5 Å². The minimum atomic E-state index is -0.0409. The van der Waals surface area contributed by atoms with Crippen molar-refractivity contribution in [1.82, 2.24) is 0 Å². The van der Waals surface area contributed by atoms with Gasteiger partial charge >= 0.3 is 0 Å². The van der Waals surface area contributed by atoms with Crippen LogP contribution in [-0.4, -0.2) is 19.8 Å². The molecule has 1 atom stereocenters. The molecule has 4 heteroatoms. The molecule has 1 aromatic rings. The van der Waals surface area contributed by atoms with E-state index >= 15 is 0 Å². The van der Waals surface area contributed by atoms with Crippen LogP contribution in [0.5, 0.6) is 17.2 Å². The Kier molecular flexibility index (Phi) is 1.58. The molecule has 3 rings (SSSR count). The lowest BCUT2D eigenvalue weighted by atomic mass is 10.1. The number of rotatable bonds is 0. The van der Waals surface area contributed by atoms with Crippen LogP contribution in [0.25, 0.3) is 0 Å². The lowest BCUT2D eigenvalue weighted by molar-refractivity contribution is 0.164. The molecule has 0 bridgehead atoms. The number of fused-ring (bicyclic) bond motifs is 3. The number of benzene rings is 1. The van der Waals surface area contributed by atoms with Crippen LogP contribution >= 0.6 is 0 Å². The van der Waals surface area contributed by atoms with Crippen molar-refractivity contribution in [3.05, 3.63) is 17.7 Å². The summed E-state index contributed by atoms with van der Waals surface area (Å²) >= 11 is 0. The first kappa shape index (κ1) is 7.94. The highest BCUT2D eigenvalue weighted by molar-refractivity contribution is 5.58. The molecule has 0 radical (unpaired) electrons. The van der Waals surface area contributed by atoms with Crippen LogP contribution in [0.3, 0.4) is 0 Å². The first-order chi connectivity index (χ1) is 6.86. The lowest BCUT2D eigenvalue weighted by Crippen LogP contribution is -2.15. The zero-order valence-corrected chi connectivity index (χ0v) is 7.66. The standard InChI is InChI=1S/C10H11NO3/c11-7-5-14-9-6(7)1-2-8-10(9)13-4-3-12-8/h1-2,7H,3-5,11H2/t7-/m0/s1. The van der Waals surface area contributed by atoms with E-state index in [1.54, 1.807) is 0 Å². The summed E-state index contributed by atoms with van der Waals surface area (Å²) in [7, 11) is 0. The first-order valence-corrected chi connectivity index (χ1v) is 4.67. The molecule has 74 valence electrons. The Morgan fingerprint density at radius 3 is 2.86 bits per heavy atom. The van der Waals surface area contributed by atoms with Crippen molar-refractivity contribution in [3.63, 3.8) is 0 Å². The van der Waals surface area contributed by atoms with E-state index in [-0.39, 0.29) is 6.04 Å². The van der Waals surface area contributed by atoms with Gasteiger partial charge in [0.1, 0.15) is 19.8 Å². The molecule has 4 nitrogen and oxygen atoms in total. The number of ether oxygens (including phenoxy) is 3. The highest BCUT2D eigenvalue weighted by atomic mass is 16.6. The molecular formula is C10H11NO3. The van der Waals surface area contributed by atoms with Crippen LogP contribution in [-0.2, 0) is 0 Å². The maximum atomic E-state index is 5.86. The van der Waals surface area contributed by atoms with Gasteiger partial charge in [0.05, 0.1) is 6.04 Å². The molecule has 14 heavy (non-hydrogen) atoms. The molecule has 0 saturated carbocycles. The van der Waals surface area contributed by atoms with E-state index in [0.29, 0.717) is 25.6 Å². The van der Waals surface area contributed by atoms with Crippen LogP contribution < -0.4 is 19.9 Å². The van der Waals surface area contributed by atoms with Gasteiger partial charge in [-0.15, -0.1) is 0 Å². The highest BCUT2D eigenvalue weighted by Crippen LogP contribution is 2.46. The van der Waals surface area contributed by atoms with Crippen molar-refractivity contribution in [2.24, 2.45) is 5.73 Å². The molecule has 2 heterocycles. The zero-order valence-electron chi connectivity index (χ0n) is 7.66. The fraction of sp³-hybridized carbons (Fsp3) is 0.400. The molecule has 1 aromatic carbocycles. The van der Waals surface area contributed by atoms with Gasteiger partial charge in [-0.25, -0.2) is 0 Å². The number of hydrogen-bond acceptors (Lipinski definition) is 4. The monoisotopic (exact) mass is 193 g/mol. The van der Waals surface area contributed by atoms with Crippen LogP contribution in [0.1, 0.15) is 11.6 Å². The van der Waals surface area contributed by atoms with E-state index in [1.165, 1.54) is 0 Å². The Labute approximate surface area is 81.6 Å². The van der Waals surface area contributed by atoms with Crippen molar-refractivity contribution >= 4 is 0 Å². The van der Waals surface area contributed by atoms with Crippen LogP contribution in [0.2, 0.25) is 0 Å². The van der Waals surface area contributed by atoms with E-state index in [4.69, 9.17) is 19.9 Å². The average Bonchev–Trinajstić information content (AvgIpc) is 2.61. The smallest absolute Gasteiger partial charge is 0.204 e. The van der Waals surface area contributed by atoms with Gasteiger partial charge in [-0.05, 0) is 12.1 Å². The maximum absolute atomic E-state index is 5.86. The Morgan fingerprint density at radius 1 is 1.07 bits per heavy atom. The average molecular weight is 193 g/mol. The highest BCUT2D eigenvalue weighted by Gasteiger charge is 2.28. The Hall–Kier alpha value is -1.42. The lowest BCUT2D eigenvalue weighted by Gasteiger charge is -2.20. The molecule has 2 N–H and O–H groups in total. The van der Waals surface area contributed by atoms with Crippen molar-refractivity contribution in [3.8, 4) is 17.2 Å². The molecule has 0 fully saturated rings. The van der Waals surface area contributed by atoms with Gasteiger partial charge in [-0.3, -0.25) is 0 Å². The normalized spacial score (nSPS) is 22.8. The number of nitrogens with two attached hydrogens (primary N) is 1. The molecule has 0 amide bonds. The number of hydrogen-bond donors (Lipinski definition) is 1. The van der Waals surface area contributed by atoms with Crippen LogP contribution in [0, 0.1) is 0 Å². The molecule has 2 aliphatic heterocycles. The van der Waals surface area contributed by atoms with E-state index in [2.05, 4.69) is 0 Å². The fourth-order valence-corrected chi connectivity index (χ4v) is 1.81. The Balaban J connectivity index is 2.15. The third-order valence-electron chi connectivity index (χ3n) is 2.50. The second kappa shape index (κ2) is 2.78. The van der Waals surface area contributed by atoms with Gasteiger partial charge in [-0.2, -0.15) is 0 Å². The van der Waals surface area contributed by atoms with Gasteiger partial charge in [0.2, 0.25) is 5.75 Å². The van der Waals surface area contributed by atoms with Gasteiger partial charge in [-0.1, -0.05) is 0 Å². The molecule has 0 aromatic heterocycles. The van der Waals surface area contributed by atoms with Crippen molar-refractivity contribution in [1.29, 1.82) is 0 Å². The Bertz CT molecular complexity index is 378. The summed E-state index contributed by atoms with van der Waals surface area (Å²) in [6.45, 7) is 1.69. The predicted octanol–water partition coefficient (Wildman–Crippen LogP) is 0.850. The van der Waals surface area contributed by atoms with Crippen molar-refractivity contribution < 1.29 is 14.2 Å². The minimum absolute atomic E-state index is 0.0409. The molecule has 0 spiro atoms. The van der Waals surface area contributed by atoms with Crippen molar-refractivity contribution in [2.45, 2.75) is 6.04 Å². The van der Waals surface area contributed by atoms with E-state index in [1.807, 2.05) is 12.1 Å². The second-order valence-corrected chi connectivity index (χ2v) is 3.43. The minimum Gasteiger partial charge on any atom is -0.487 e. The fourth-order valence-electron chi connectivity index (χ4n) is 1.81. The van der Waals surface area contributed by atoms with E-state index in [9.17, 15) is 0 Å². The summed E-state index contributed by atoms with van der Waals surface area (Å²) in [5.74, 6) is 2.22. The molecule has 2 aliphatic rings.